The maximum atomic E-state index is 11.6. The number of benzene rings is 2. The van der Waals surface area contributed by atoms with Crippen molar-refractivity contribution in [1.29, 1.82) is 0 Å². The van der Waals surface area contributed by atoms with E-state index in [-0.39, 0.29) is 6.61 Å². The Kier molecular flexibility index (Phi) is 2.61. The van der Waals surface area contributed by atoms with Crippen LogP contribution in [-0.2, 0) is 11.3 Å². The van der Waals surface area contributed by atoms with E-state index in [0.29, 0.717) is 11.4 Å². The minimum absolute atomic E-state index is 0.253. The zero-order valence-corrected chi connectivity index (χ0v) is 9.55. The van der Waals surface area contributed by atoms with Gasteiger partial charge in [0.05, 0.1) is 5.69 Å². The molecule has 1 aliphatic rings. The van der Waals surface area contributed by atoms with Crippen molar-refractivity contribution in [2.45, 2.75) is 6.61 Å². The summed E-state index contributed by atoms with van der Waals surface area (Å²) in [7, 11) is 0. The van der Waals surface area contributed by atoms with Crippen molar-refractivity contribution in [3.05, 3.63) is 54.1 Å². The Labute approximate surface area is 104 Å². The molecule has 1 N–H and O–H groups in total. The maximum absolute atomic E-state index is 11.6. The standard InChI is InChI=1S/C14H11NO3/c16-14(17-9-10-5-2-1-3-6-10)15-11-7-4-8-12-13(11)18-12/h1-8H,9H2,(H,15,16). The van der Waals surface area contributed by atoms with Crippen LogP contribution >= 0.6 is 0 Å². The first-order chi connectivity index (χ1) is 8.83. The normalized spacial score (nSPS) is 11.1. The van der Waals surface area contributed by atoms with Crippen LogP contribution in [0.4, 0.5) is 10.5 Å². The van der Waals surface area contributed by atoms with Gasteiger partial charge in [-0.3, -0.25) is 5.32 Å². The second-order valence-corrected chi connectivity index (χ2v) is 3.92. The highest BCUT2D eigenvalue weighted by Crippen LogP contribution is 2.50. The van der Waals surface area contributed by atoms with E-state index in [1.165, 1.54) is 0 Å². The first kappa shape index (κ1) is 10.7. The monoisotopic (exact) mass is 241 g/mol. The molecule has 18 heavy (non-hydrogen) atoms. The van der Waals surface area contributed by atoms with E-state index in [1.54, 1.807) is 6.07 Å². The first-order valence-electron chi connectivity index (χ1n) is 5.61. The molecule has 1 amide bonds. The van der Waals surface area contributed by atoms with Gasteiger partial charge in [-0.05, 0) is 17.7 Å². The predicted octanol–water partition coefficient (Wildman–Crippen LogP) is 3.54. The van der Waals surface area contributed by atoms with E-state index in [4.69, 9.17) is 9.47 Å². The molecule has 0 atom stereocenters. The van der Waals surface area contributed by atoms with Crippen molar-refractivity contribution >= 4 is 11.8 Å². The Morgan fingerprint density at radius 2 is 1.94 bits per heavy atom. The lowest BCUT2D eigenvalue weighted by atomic mass is 10.2. The molecular weight excluding hydrogens is 230 g/mol. The van der Waals surface area contributed by atoms with Gasteiger partial charge in [0, 0.05) is 0 Å². The van der Waals surface area contributed by atoms with Crippen LogP contribution in [-0.4, -0.2) is 6.09 Å². The number of carbonyl (C=O) groups excluding carboxylic acids is 1. The number of anilines is 1. The molecule has 0 bridgehead atoms. The van der Waals surface area contributed by atoms with Gasteiger partial charge in [0.15, 0.2) is 11.5 Å². The third-order valence-corrected chi connectivity index (χ3v) is 2.60. The third kappa shape index (κ3) is 2.27. The van der Waals surface area contributed by atoms with Crippen molar-refractivity contribution in [3.63, 3.8) is 0 Å². The van der Waals surface area contributed by atoms with Crippen LogP contribution in [0.15, 0.2) is 48.5 Å². The highest BCUT2D eigenvalue weighted by Gasteiger charge is 2.24. The maximum Gasteiger partial charge on any atom is 0.412 e. The average Bonchev–Trinajstić information content (AvgIpc) is 3.18. The first-order valence-corrected chi connectivity index (χ1v) is 5.61. The summed E-state index contributed by atoms with van der Waals surface area (Å²) in [5.41, 5.74) is 1.60. The lowest BCUT2D eigenvalue weighted by molar-refractivity contribution is 0.155. The zero-order valence-electron chi connectivity index (χ0n) is 9.55. The number of hydrogen-bond acceptors (Lipinski definition) is 3. The molecule has 4 heteroatoms. The number of nitrogens with one attached hydrogen (secondary N) is 1. The Balaban J connectivity index is 1.56. The number of hydrogen-bond donors (Lipinski definition) is 1. The molecule has 2 aromatic carbocycles. The Hall–Kier alpha value is -2.49. The number of para-hydroxylation sites is 1. The molecule has 1 heterocycles. The Morgan fingerprint density at radius 1 is 1.11 bits per heavy atom. The van der Waals surface area contributed by atoms with Crippen LogP contribution in [0.1, 0.15) is 5.56 Å². The van der Waals surface area contributed by atoms with Crippen molar-refractivity contribution in [2.75, 3.05) is 5.32 Å². The van der Waals surface area contributed by atoms with Crippen molar-refractivity contribution in [2.24, 2.45) is 0 Å². The lowest BCUT2D eigenvalue weighted by Crippen LogP contribution is -2.13. The van der Waals surface area contributed by atoms with Crippen molar-refractivity contribution < 1.29 is 14.3 Å². The largest absolute Gasteiger partial charge is 0.447 e. The summed E-state index contributed by atoms with van der Waals surface area (Å²) in [6, 6.07) is 15.0. The van der Waals surface area contributed by atoms with Crippen molar-refractivity contribution in [1.82, 2.24) is 0 Å². The van der Waals surface area contributed by atoms with Crippen LogP contribution in [0.5, 0.6) is 11.5 Å². The highest BCUT2D eigenvalue weighted by atomic mass is 16.6. The van der Waals surface area contributed by atoms with E-state index in [2.05, 4.69) is 5.32 Å². The molecule has 0 radical (unpaired) electrons. The van der Waals surface area contributed by atoms with E-state index >= 15 is 0 Å². The fraction of sp³-hybridized carbons (Fsp3) is 0.0714. The summed E-state index contributed by atoms with van der Waals surface area (Å²) in [6.45, 7) is 0.253. The van der Waals surface area contributed by atoms with Crippen LogP contribution in [0.3, 0.4) is 0 Å². The second kappa shape index (κ2) is 4.41. The molecule has 0 aromatic heterocycles. The smallest absolute Gasteiger partial charge is 0.412 e. The number of rotatable bonds is 3. The van der Waals surface area contributed by atoms with Gasteiger partial charge in [0.1, 0.15) is 6.61 Å². The predicted molar refractivity (Wildman–Crippen MR) is 66.8 cm³/mol. The van der Waals surface area contributed by atoms with Gasteiger partial charge < -0.3 is 9.47 Å². The van der Waals surface area contributed by atoms with Gasteiger partial charge in [-0.15, -0.1) is 0 Å². The molecule has 0 unspecified atom stereocenters. The van der Waals surface area contributed by atoms with Crippen LogP contribution in [0.25, 0.3) is 0 Å². The summed E-state index contributed by atoms with van der Waals surface area (Å²) in [5.74, 6) is 1.52. The number of ether oxygens (including phenoxy) is 2. The highest BCUT2D eigenvalue weighted by molar-refractivity contribution is 5.89. The summed E-state index contributed by atoms with van der Waals surface area (Å²) in [6.07, 6.45) is -0.484. The quantitative estimate of drug-likeness (QED) is 0.713. The van der Waals surface area contributed by atoms with Crippen molar-refractivity contribution in [3.8, 4) is 11.5 Å². The molecule has 0 saturated heterocycles. The number of fused-ring (bicyclic) bond motifs is 1. The summed E-state index contributed by atoms with van der Waals surface area (Å²) < 4.78 is 10.3. The van der Waals surface area contributed by atoms with Crippen LogP contribution < -0.4 is 10.1 Å². The molecule has 0 fully saturated rings. The van der Waals surface area contributed by atoms with E-state index in [1.807, 2.05) is 42.5 Å². The fourth-order valence-corrected chi connectivity index (χ4v) is 1.66. The summed E-state index contributed by atoms with van der Waals surface area (Å²) >= 11 is 0. The van der Waals surface area contributed by atoms with Gasteiger partial charge in [-0.1, -0.05) is 36.4 Å². The van der Waals surface area contributed by atoms with E-state index in [0.717, 1.165) is 11.3 Å². The van der Waals surface area contributed by atoms with Gasteiger partial charge in [0.25, 0.3) is 0 Å². The molecular formula is C14H11NO3. The van der Waals surface area contributed by atoms with Gasteiger partial charge in [-0.25, -0.2) is 4.79 Å². The number of carbonyl (C=O) groups is 1. The minimum atomic E-state index is -0.484. The SMILES string of the molecule is O=C(Nc1cccc2c1O2)OCc1ccccc1. The molecule has 90 valence electrons. The van der Waals surface area contributed by atoms with Crippen LogP contribution in [0, 0.1) is 0 Å². The van der Waals surface area contributed by atoms with E-state index < -0.39 is 6.09 Å². The summed E-state index contributed by atoms with van der Waals surface area (Å²) in [4.78, 5) is 11.6. The minimum Gasteiger partial charge on any atom is -0.447 e. The van der Waals surface area contributed by atoms with Gasteiger partial charge in [-0.2, -0.15) is 0 Å². The lowest BCUT2D eigenvalue weighted by Gasteiger charge is -2.05. The Morgan fingerprint density at radius 3 is 2.78 bits per heavy atom. The summed E-state index contributed by atoms with van der Waals surface area (Å²) in [5, 5.41) is 2.65. The number of amides is 1. The van der Waals surface area contributed by atoms with Gasteiger partial charge in [0.2, 0.25) is 0 Å². The Bertz CT molecular complexity index is 581. The zero-order chi connectivity index (χ0) is 12.4. The average molecular weight is 241 g/mol. The van der Waals surface area contributed by atoms with Gasteiger partial charge >= 0.3 is 6.09 Å². The molecule has 0 saturated carbocycles. The molecule has 0 aliphatic carbocycles. The second-order valence-electron chi connectivity index (χ2n) is 3.92. The molecule has 4 nitrogen and oxygen atoms in total. The molecule has 3 rings (SSSR count). The third-order valence-electron chi connectivity index (χ3n) is 2.60. The topological polar surface area (TPSA) is 50.9 Å². The van der Waals surface area contributed by atoms with Crippen LogP contribution in [0.2, 0.25) is 0 Å². The fourth-order valence-electron chi connectivity index (χ4n) is 1.66. The molecule has 2 aromatic rings. The van der Waals surface area contributed by atoms with E-state index in [9.17, 15) is 4.79 Å². The molecule has 0 spiro atoms. The molecule has 1 aliphatic heterocycles.